The van der Waals surface area contributed by atoms with Gasteiger partial charge >= 0.3 is 6.03 Å². The molecule has 4 heterocycles. The summed E-state index contributed by atoms with van der Waals surface area (Å²) < 4.78 is 33.5. The number of aromatic amines is 1. The third-order valence-electron chi connectivity index (χ3n) is 7.69. The normalized spacial score (nSPS) is 18.3. The summed E-state index contributed by atoms with van der Waals surface area (Å²) in [6.45, 7) is 3.22. The fourth-order valence-corrected chi connectivity index (χ4v) is 5.39. The molecule has 6 rings (SSSR count). The molecule has 5 N–H and O–H groups in total. The molecule has 0 saturated carbocycles. The Bertz CT molecular complexity index is 1910. The zero-order chi connectivity index (χ0) is 31.3. The van der Waals surface area contributed by atoms with Gasteiger partial charge in [-0.05, 0) is 60.9 Å². The number of H-pyrrole nitrogens is 1. The van der Waals surface area contributed by atoms with Crippen molar-refractivity contribution < 1.29 is 33.0 Å². The Morgan fingerprint density at radius 1 is 1.14 bits per heavy atom. The molecule has 13 heteroatoms. The minimum absolute atomic E-state index is 0.0128. The molecular formula is C31H26F2N6O5. The molecule has 1 fully saturated rings. The van der Waals surface area contributed by atoms with Gasteiger partial charge in [0.1, 0.15) is 6.04 Å². The zero-order valence-electron chi connectivity index (χ0n) is 23.5. The molecule has 2 aliphatic heterocycles. The van der Waals surface area contributed by atoms with E-state index in [2.05, 4.69) is 20.3 Å². The van der Waals surface area contributed by atoms with Gasteiger partial charge in [0.05, 0.1) is 30.1 Å². The van der Waals surface area contributed by atoms with E-state index in [-0.39, 0.29) is 29.4 Å². The molecule has 44 heavy (non-hydrogen) atoms. The third-order valence-corrected chi connectivity index (χ3v) is 7.69. The number of pyridine rings is 1. The highest BCUT2D eigenvalue weighted by Crippen LogP contribution is 2.34. The second kappa shape index (κ2) is 11.0. The Hall–Kier alpha value is -5.43. The maximum atomic E-state index is 14.0. The molecule has 11 nitrogen and oxygen atoms in total. The van der Waals surface area contributed by atoms with Crippen molar-refractivity contribution in [2.24, 2.45) is 10.7 Å². The van der Waals surface area contributed by atoms with Crippen molar-refractivity contribution in [2.75, 3.05) is 18.1 Å². The number of carbonyl (C=O) groups excluding carboxylic acids is 3. The van der Waals surface area contributed by atoms with Gasteiger partial charge in [-0.15, -0.1) is 0 Å². The number of rotatable bonds is 7. The minimum Gasteiger partial charge on any atom is -0.433 e. The number of dihydropyridines is 1. The summed E-state index contributed by atoms with van der Waals surface area (Å²) in [5, 5.41) is 12.5. The Morgan fingerprint density at radius 3 is 2.57 bits per heavy atom. The maximum absolute atomic E-state index is 14.0. The molecule has 3 amide bonds. The van der Waals surface area contributed by atoms with Crippen LogP contribution in [0.4, 0.5) is 19.3 Å². The highest BCUT2D eigenvalue weighted by atomic mass is 19.1. The fourth-order valence-electron chi connectivity index (χ4n) is 5.39. The van der Waals surface area contributed by atoms with Crippen molar-refractivity contribution in [3.8, 4) is 11.6 Å². The number of nitrogens with two attached hydrogens (primary N) is 1. The van der Waals surface area contributed by atoms with Gasteiger partial charge in [0.25, 0.3) is 5.91 Å². The Morgan fingerprint density at radius 2 is 1.89 bits per heavy atom. The number of anilines is 1. The van der Waals surface area contributed by atoms with E-state index in [0.29, 0.717) is 33.3 Å². The van der Waals surface area contributed by atoms with Gasteiger partial charge in [-0.3, -0.25) is 14.6 Å². The number of urea groups is 1. The SMILES string of the molecule is Cc1cc(Oc2c(F)cccc2F)ncc1C1CN=CC(C(=O)c2cc3cc(C)c(N4C(=O)N[C@@H](CO)C4=O)cc3[nH]2)=C1N. The van der Waals surface area contributed by atoms with E-state index in [1.54, 1.807) is 32.0 Å². The van der Waals surface area contributed by atoms with Crippen LogP contribution in [0.5, 0.6) is 11.6 Å². The van der Waals surface area contributed by atoms with E-state index >= 15 is 0 Å². The number of Topliss-reactive ketones (excluding diaryl/α,β-unsaturated/α-hetero) is 1. The lowest BCUT2D eigenvalue weighted by molar-refractivity contribution is -0.119. The monoisotopic (exact) mass is 600 g/mol. The number of hydrogen-bond acceptors (Lipinski definition) is 8. The molecule has 4 aromatic rings. The average molecular weight is 601 g/mol. The van der Waals surface area contributed by atoms with E-state index in [1.807, 2.05) is 0 Å². The number of nitrogens with one attached hydrogen (secondary N) is 2. The van der Waals surface area contributed by atoms with Gasteiger partial charge in [0, 0.05) is 41.0 Å². The molecule has 2 aromatic carbocycles. The van der Waals surface area contributed by atoms with Gasteiger partial charge in [0.2, 0.25) is 17.4 Å². The van der Waals surface area contributed by atoms with Crippen molar-refractivity contribution >= 4 is 40.5 Å². The fraction of sp³-hybridized carbons (Fsp3) is 0.194. The molecule has 0 radical (unpaired) electrons. The number of ether oxygens (including phenoxy) is 1. The molecular weight excluding hydrogens is 574 g/mol. The summed E-state index contributed by atoms with van der Waals surface area (Å²) in [5.41, 5.74) is 9.98. The van der Waals surface area contributed by atoms with Crippen molar-refractivity contribution in [3.05, 3.63) is 94.0 Å². The standard InChI is InChI=1S/C31H26F2N6O5/c1-14-7-26(44-29-20(32)4-3-5-21(29)33)36-12-17(14)18-10-35-11-19(27(18)34)28(41)23-8-16-6-15(2)25(9-22(16)37-23)39-30(42)24(13-40)38-31(39)43/h3-9,11-12,18,24,37,40H,10,13,34H2,1-2H3,(H,38,43)/t18?,24-/m0/s1. The van der Waals surface area contributed by atoms with Crippen molar-refractivity contribution in [1.29, 1.82) is 0 Å². The lowest BCUT2D eigenvalue weighted by Gasteiger charge is -2.23. The van der Waals surface area contributed by atoms with Crippen LogP contribution in [0.2, 0.25) is 0 Å². The molecule has 0 aliphatic carbocycles. The topological polar surface area (TPSA) is 163 Å². The average Bonchev–Trinajstić information content (AvgIpc) is 3.53. The summed E-state index contributed by atoms with van der Waals surface area (Å²) in [6, 6.07) is 8.24. The molecule has 0 spiro atoms. The highest BCUT2D eigenvalue weighted by molar-refractivity contribution is 6.24. The zero-order valence-corrected chi connectivity index (χ0v) is 23.5. The molecule has 2 aliphatic rings. The quantitative estimate of drug-likeness (QED) is 0.184. The lowest BCUT2D eigenvalue weighted by Crippen LogP contribution is -2.33. The van der Waals surface area contributed by atoms with Crippen LogP contribution in [0, 0.1) is 25.5 Å². The number of imide groups is 1. The van der Waals surface area contributed by atoms with Crippen LogP contribution in [0.25, 0.3) is 10.9 Å². The summed E-state index contributed by atoms with van der Waals surface area (Å²) >= 11 is 0. The van der Waals surface area contributed by atoms with Gasteiger partial charge in [-0.1, -0.05) is 6.07 Å². The number of ketones is 1. The number of aliphatic hydroxyl groups is 1. The first-order valence-electron chi connectivity index (χ1n) is 13.6. The number of benzene rings is 2. The van der Waals surface area contributed by atoms with Crippen LogP contribution in [-0.4, -0.2) is 58.2 Å². The molecule has 224 valence electrons. The van der Waals surface area contributed by atoms with Gasteiger partial charge in [-0.25, -0.2) is 23.5 Å². The summed E-state index contributed by atoms with van der Waals surface area (Å²) in [6.07, 6.45) is 2.90. The van der Waals surface area contributed by atoms with Crippen LogP contribution < -0.4 is 20.7 Å². The van der Waals surface area contributed by atoms with Gasteiger partial charge in [-0.2, -0.15) is 0 Å². The van der Waals surface area contributed by atoms with E-state index < -0.39 is 53.7 Å². The second-order valence-electron chi connectivity index (χ2n) is 10.5. The van der Waals surface area contributed by atoms with Crippen LogP contribution in [0.15, 0.2) is 64.9 Å². The molecule has 2 aromatic heterocycles. The highest BCUT2D eigenvalue weighted by Gasteiger charge is 2.39. The molecule has 2 atom stereocenters. The number of aliphatic hydroxyl groups excluding tert-OH is 1. The first-order chi connectivity index (χ1) is 21.1. The van der Waals surface area contributed by atoms with Crippen LogP contribution in [0.3, 0.4) is 0 Å². The Balaban J connectivity index is 1.28. The van der Waals surface area contributed by atoms with E-state index in [1.165, 1.54) is 24.5 Å². The molecule has 1 unspecified atom stereocenters. The lowest BCUT2D eigenvalue weighted by atomic mass is 9.88. The predicted molar refractivity (Wildman–Crippen MR) is 157 cm³/mol. The number of allylic oxidation sites excluding steroid dienone is 1. The largest absolute Gasteiger partial charge is 0.433 e. The number of fused-ring (bicyclic) bond motifs is 1. The second-order valence-corrected chi connectivity index (χ2v) is 10.5. The number of aliphatic imine (C=N–C) groups is 1. The van der Waals surface area contributed by atoms with Crippen molar-refractivity contribution in [1.82, 2.24) is 15.3 Å². The number of para-hydroxylation sites is 1. The number of amides is 3. The number of nitrogens with zero attached hydrogens (tertiary/aromatic N) is 3. The molecule has 0 bridgehead atoms. The summed E-state index contributed by atoms with van der Waals surface area (Å²) in [5.74, 6) is -3.79. The number of carbonyl (C=O) groups is 3. The number of aryl methyl sites for hydroxylation is 2. The third kappa shape index (κ3) is 4.86. The van der Waals surface area contributed by atoms with Crippen LogP contribution >= 0.6 is 0 Å². The first-order valence-corrected chi connectivity index (χ1v) is 13.6. The Labute approximate surface area is 249 Å². The van der Waals surface area contributed by atoms with E-state index in [4.69, 9.17) is 10.5 Å². The van der Waals surface area contributed by atoms with Crippen LogP contribution in [0.1, 0.15) is 33.1 Å². The smallest absolute Gasteiger partial charge is 0.329 e. The molecule has 1 saturated heterocycles. The predicted octanol–water partition coefficient (Wildman–Crippen LogP) is 3.93. The first kappa shape index (κ1) is 28.7. The number of halogens is 2. The number of aromatic nitrogens is 2. The number of hydrogen-bond donors (Lipinski definition) is 4. The van der Waals surface area contributed by atoms with E-state index in [9.17, 15) is 28.3 Å². The van der Waals surface area contributed by atoms with Crippen LogP contribution in [-0.2, 0) is 4.79 Å². The van der Waals surface area contributed by atoms with Crippen molar-refractivity contribution in [3.63, 3.8) is 0 Å². The maximum Gasteiger partial charge on any atom is 0.329 e. The van der Waals surface area contributed by atoms with Crippen molar-refractivity contribution in [2.45, 2.75) is 25.8 Å². The van der Waals surface area contributed by atoms with Gasteiger partial charge in [0.15, 0.2) is 11.6 Å². The summed E-state index contributed by atoms with van der Waals surface area (Å²) in [4.78, 5) is 51.3. The summed E-state index contributed by atoms with van der Waals surface area (Å²) in [7, 11) is 0. The minimum atomic E-state index is -1.02. The Kier molecular flexibility index (Phi) is 7.17. The van der Waals surface area contributed by atoms with E-state index in [0.717, 1.165) is 17.0 Å². The van der Waals surface area contributed by atoms with Gasteiger partial charge < -0.3 is 25.9 Å².